The van der Waals surface area contributed by atoms with Crippen LogP contribution in [0.15, 0.2) is 36.5 Å². The van der Waals surface area contributed by atoms with Crippen molar-refractivity contribution in [3.63, 3.8) is 0 Å². The predicted molar refractivity (Wildman–Crippen MR) is 284 cm³/mol. The van der Waals surface area contributed by atoms with Gasteiger partial charge in [0.2, 0.25) is 0 Å². The smallest absolute Gasteiger partial charge is 0.306 e. The van der Waals surface area contributed by atoms with Gasteiger partial charge < -0.3 is 14.2 Å². The molecule has 0 amide bonds. The first-order valence-electron chi connectivity index (χ1n) is 29.0. The van der Waals surface area contributed by atoms with E-state index in [0.717, 1.165) is 83.5 Å². The molecule has 0 aromatic heterocycles. The summed E-state index contributed by atoms with van der Waals surface area (Å²) in [7, 11) is 0. The molecule has 1 atom stereocenters. The van der Waals surface area contributed by atoms with E-state index in [2.05, 4.69) is 57.2 Å². The molecular formula is C60H110O6. The highest BCUT2D eigenvalue weighted by molar-refractivity contribution is 5.71. The maximum absolute atomic E-state index is 12.9. The fraction of sp³-hybridized carbons (Fsp3) is 0.850. The monoisotopic (exact) mass is 927 g/mol. The molecule has 0 bridgehead atoms. The van der Waals surface area contributed by atoms with Crippen molar-refractivity contribution in [2.24, 2.45) is 0 Å². The van der Waals surface area contributed by atoms with E-state index in [1.165, 1.54) is 186 Å². The summed E-state index contributed by atoms with van der Waals surface area (Å²) >= 11 is 0. The molecule has 1 unspecified atom stereocenters. The molecule has 0 aliphatic carbocycles. The topological polar surface area (TPSA) is 78.9 Å². The summed E-state index contributed by atoms with van der Waals surface area (Å²) in [5, 5.41) is 0. The maximum Gasteiger partial charge on any atom is 0.306 e. The standard InChI is InChI=1S/C60H110O6/c1-4-7-10-13-16-19-22-25-27-29-31-32-35-38-41-44-47-50-53-59(62)65-56-57(55-64-58(61)52-49-46-43-40-37-34-24-21-18-15-12-9-6-3)66-60(63)54-51-48-45-42-39-36-33-30-28-26-23-20-17-14-11-8-5-2/h9,12,18,21,34,37,57H,4-8,10-11,13-17,19-20,22-33,35-36,38-56H2,1-3H3/b12-9-,21-18-,37-34-. The van der Waals surface area contributed by atoms with Gasteiger partial charge >= 0.3 is 17.9 Å². The van der Waals surface area contributed by atoms with Crippen LogP contribution in [0, 0.1) is 0 Å². The molecule has 0 N–H and O–H groups in total. The van der Waals surface area contributed by atoms with Crippen molar-refractivity contribution in [2.45, 2.75) is 316 Å². The van der Waals surface area contributed by atoms with E-state index >= 15 is 0 Å². The summed E-state index contributed by atoms with van der Waals surface area (Å²) in [6, 6.07) is 0. The van der Waals surface area contributed by atoms with Crippen LogP contribution in [0.5, 0.6) is 0 Å². The van der Waals surface area contributed by atoms with Crippen LogP contribution in [-0.2, 0) is 28.6 Å². The van der Waals surface area contributed by atoms with Crippen LogP contribution in [0.25, 0.3) is 0 Å². The Kier molecular flexibility index (Phi) is 53.2. The molecular weight excluding hydrogens is 817 g/mol. The summed E-state index contributed by atoms with van der Waals surface area (Å²) in [5.41, 5.74) is 0. The Morgan fingerprint density at radius 1 is 0.318 bits per heavy atom. The Balaban J connectivity index is 4.33. The van der Waals surface area contributed by atoms with Crippen LogP contribution >= 0.6 is 0 Å². The second kappa shape index (κ2) is 55.2. The molecule has 0 aromatic carbocycles. The third-order valence-corrected chi connectivity index (χ3v) is 12.9. The number of carbonyl (C=O) groups excluding carboxylic acids is 3. The molecule has 0 saturated carbocycles. The highest BCUT2D eigenvalue weighted by Crippen LogP contribution is 2.17. The molecule has 386 valence electrons. The van der Waals surface area contributed by atoms with Crippen molar-refractivity contribution >= 4 is 17.9 Å². The largest absolute Gasteiger partial charge is 0.462 e. The van der Waals surface area contributed by atoms with E-state index in [4.69, 9.17) is 14.2 Å². The van der Waals surface area contributed by atoms with Gasteiger partial charge in [-0.2, -0.15) is 0 Å². The Labute approximate surface area is 410 Å². The molecule has 0 spiro atoms. The normalized spacial score (nSPS) is 12.2. The first-order valence-corrected chi connectivity index (χ1v) is 29.0. The van der Waals surface area contributed by atoms with Gasteiger partial charge in [-0.25, -0.2) is 0 Å². The summed E-state index contributed by atoms with van der Waals surface area (Å²) in [6.07, 6.45) is 65.7. The molecule has 0 fully saturated rings. The first-order chi connectivity index (χ1) is 32.5. The van der Waals surface area contributed by atoms with Gasteiger partial charge in [0.05, 0.1) is 0 Å². The minimum Gasteiger partial charge on any atom is -0.462 e. The van der Waals surface area contributed by atoms with Gasteiger partial charge in [-0.05, 0) is 51.4 Å². The predicted octanol–water partition coefficient (Wildman–Crippen LogP) is 19.3. The summed E-state index contributed by atoms with van der Waals surface area (Å²) in [4.78, 5) is 38.1. The van der Waals surface area contributed by atoms with Crippen molar-refractivity contribution in [2.75, 3.05) is 13.2 Å². The van der Waals surface area contributed by atoms with Gasteiger partial charge in [-0.1, -0.05) is 276 Å². The molecule has 66 heavy (non-hydrogen) atoms. The van der Waals surface area contributed by atoms with E-state index in [1.54, 1.807) is 0 Å². The number of esters is 3. The zero-order valence-electron chi connectivity index (χ0n) is 44.2. The maximum atomic E-state index is 12.9. The fourth-order valence-corrected chi connectivity index (χ4v) is 8.58. The molecule has 0 heterocycles. The number of hydrogen-bond acceptors (Lipinski definition) is 6. The average molecular weight is 928 g/mol. The molecule has 0 aromatic rings. The molecule has 0 aliphatic heterocycles. The van der Waals surface area contributed by atoms with E-state index in [-0.39, 0.29) is 31.1 Å². The van der Waals surface area contributed by atoms with Gasteiger partial charge in [-0.3, -0.25) is 14.4 Å². The Morgan fingerprint density at radius 2 is 0.591 bits per heavy atom. The van der Waals surface area contributed by atoms with Gasteiger partial charge in [0.1, 0.15) is 13.2 Å². The van der Waals surface area contributed by atoms with Gasteiger partial charge in [0.15, 0.2) is 6.10 Å². The number of rotatable bonds is 53. The first kappa shape index (κ1) is 63.6. The van der Waals surface area contributed by atoms with Crippen LogP contribution in [0.2, 0.25) is 0 Å². The second-order valence-electron chi connectivity index (χ2n) is 19.5. The minimum absolute atomic E-state index is 0.0765. The minimum atomic E-state index is -0.779. The third-order valence-electron chi connectivity index (χ3n) is 12.9. The highest BCUT2D eigenvalue weighted by atomic mass is 16.6. The lowest BCUT2D eigenvalue weighted by Gasteiger charge is -2.18. The van der Waals surface area contributed by atoms with E-state index in [1.807, 2.05) is 0 Å². The summed E-state index contributed by atoms with van der Waals surface area (Å²) < 4.78 is 16.9. The van der Waals surface area contributed by atoms with Gasteiger partial charge in [0.25, 0.3) is 0 Å². The third kappa shape index (κ3) is 52.6. The van der Waals surface area contributed by atoms with Crippen molar-refractivity contribution in [1.29, 1.82) is 0 Å². The van der Waals surface area contributed by atoms with Crippen molar-refractivity contribution in [1.82, 2.24) is 0 Å². The molecule has 0 aliphatic rings. The Hall–Kier alpha value is -2.37. The quantitative estimate of drug-likeness (QED) is 0.0262. The van der Waals surface area contributed by atoms with Crippen molar-refractivity contribution in [3.8, 4) is 0 Å². The van der Waals surface area contributed by atoms with Crippen LogP contribution in [0.3, 0.4) is 0 Å². The Morgan fingerprint density at radius 3 is 0.924 bits per heavy atom. The SMILES string of the molecule is CC/C=C\C/C=C\C/C=C\CCCCCC(=O)OCC(COC(=O)CCCCCCCCCCCCCCCCCCCC)OC(=O)CCCCCCCCCCCCCCCCCCC. The second-order valence-corrected chi connectivity index (χ2v) is 19.5. The molecule has 0 saturated heterocycles. The summed E-state index contributed by atoms with van der Waals surface area (Å²) in [6.45, 7) is 6.55. The lowest BCUT2D eigenvalue weighted by molar-refractivity contribution is -0.167. The van der Waals surface area contributed by atoms with E-state index in [9.17, 15) is 14.4 Å². The van der Waals surface area contributed by atoms with Crippen molar-refractivity contribution < 1.29 is 28.6 Å². The van der Waals surface area contributed by atoms with Crippen LogP contribution in [0.1, 0.15) is 310 Å². The number of allylic oxidation sites excluding steroid dienone is 6. The number of carbonyl (C=O) groups is 3. The fourth-order valence-electron chi connectivity index (χ4n) is 8.58. The zero-order chi connectivity index (χ0) is 47.9. The van der Waals surface area contributed by atoms with Gasteiger partial charge in [-0.15, -0.1) is 0 Å². The lowest BCUT2D eigenvalue weighted by Crippen LogP contribution is -2.30. The van der Waals surface area contributed by atoms with Crippen molar-refractivity contribution in [3.05, 3.63) is 36.5 Å². The average Bonchev–Trinajstić information content (AvgIpc) is 3.31. The number of unbranched alkanes of at least 4 members (excludes halogenated alkanes) is 36. The van der Waals surface area contributed by atoms with Crippen LogP contribution in [-0.4, -0.2) is 37.2 Å². The number of hydrogen-bond donors (Lipinski definition) is 0. The van der Waals surface area contributed by atoms with Crippen LogP contribution < -0.4 is 0 Å². The van der Waals surface area contributed by atoms with E-state index < -0.39 is 6.10 Å². The molecule has 6 heteroatoms. The van der Waals surface area contributed by atoms with Gasteiger partial charge in [0, 0.05) is 19.3 Å². The molecule has 6 nitrogen and oxygen atoms in total. The van der Waals surface area contributed by atoms with E-state index in [0.29, 0.717) is 19.3 Å². The lowest BCUT2D eigenvalue weighted by atomic mass is 10.0. The van der Waals surface area contributed by atoms with Crippen LogP contribution in [0.4, 0.5) is 0 Å². The molecule has 0 radical (unpaired) electrons. The molecule has 0 rings (SSSR count). The number of ether oxygens (including phenoxy) is 3. The highest BCUT2D eigenvalue weighted by Gasteiger charge is 2.19. The summed E-state index contributed by atoms with van der Waals surface area (Å²) in [5.74, 6) is -0.887. The Bertz CT molecular complexity index is 1110. The zero-order valence-corrected chi connectivity index (χ0v) is 44.2.